The summed E-state index contributed by atoms with van der Waals surface area (Å²) in [5.74, 6) is 2.84. The van der Waals surface area contributed by atoms with E-state index in [-0.39, 0.29) is 11.2 Å². The molecule has 1 amide bonds. The Hall–Kier alpha value is -3.78. The number of para-hydroxylation sites is 1. The largest absolute Gasteiger partial charge is 0.497 e. The zero-order valence-corrected chi connectivity index (χ0v) is 19.4. The number of carbonyl (C=O) groups excluding carboxylic acids is 1. The second-order valence-corrected chi connectivity index (χ2v) is 8.59. The molecule has 1 heterocycles. The highest BCUT2D eigenvalue weighted by atomic mass is 32.2. The monoisotopic (exact) mass is 460 g/mol. The highest BCUT2D eigenvalue weighted by Crippen LogP contribution is 2.28. The molecule has 1 unspecified atom stereocenters. The molecule has 7 nitrogen and oxygen atoms in total. The van der Waals surface area contributed by atoms with Crippen LogP contribution in [-0.2, 0) is 11.8 Å². The first kappa shape index (κ1) is 22.4. The van der Waals surface area contributed by atoms with Gasteiger partial charge in [0.15, 0.2) is 11.0 Å². The van der Waals surface area contributed by atoms with Gasteiger partial charge in [0, 0.05) is 18.3 Å². The molecular formula is C25H24N4O3S. The molecule has 0 aliphatic rings. The average molecular weight is 461 g/mol. The van der Waals surface area contributed by atoms with Crippen molar-refractivity contribution < 1.29 is 14.3 Å². The maximum atomic E-state index is 12.7. The molecule has 0 bridgehead atoms. The SMILES string of the molecule is COc1ccc(-c2nnc(SC(C)C(=O)Nc3ccc(Oc4ccccc4)cc3)n2C)cc1. The van der Waals surface area contributed by atoms with E-state index in [0.29, 0.717) is 16.6 Å². The standard InChI is InChI=1S/C25H24N4O3S/c1-17(33-25-28-27-23(29(25)2)18-9-13-20(31-3)14-10-18)24(30)26-19-11-15-22(16-12-19)32-21-7-5-4-6-8-21/h4-17H,1-3H3,(H,26,30). The van der Waals surface area contributed by atoms with Crippen LogP contribution in [0.5, 0.6) is 17.2 Å². The fourth-order valence-corrected chi connectivity index (χ4v) is 3.91. The van der Waals surface area contributed by atoms with Gasteiger partial charge in [0.05, 0.1) is 12.4 Å². The minimum atomic E-state index is -0.364. The van der Waals surface area contributed by atoms with Gasteiger partial charge in [-0.1, -0.05) is 30.0 Å². The Morgan fingerprint density at radius 1 is 0.909 bits per heavy atom. The van der Waals surface area contributed by atoms with Crippen LogP contribution in [0.15, 0.2) is 84.0 Å². The van der Waals surface area contributed by atoms with Crippen molar-refractivity contribution in [3.63, 3.8) is 0 Å². The number of aromatic nitrogens is 3. The van der Waals surface area contributed by atoms with Crippen LogP contribution in [0.25, 0.3) is 11.4 Å². The molecule has 3 aromatic carbocycles. The van der Waals surface area contributed by atoms with E-state index in [0.717, 1.165) is 22.9 Å². The molecule has 4 rings (SSSR count). The molecule has 1 atom stereocenters. The van der Waals surface area contributed by atoms with Gasteiger partial charge in [0.1, 0.15) is 17.2 Å². The van der Waals surface area contributed by atoms with Crippen LogP contribution in [0.4, 0.5) is 5.69 Å². The smallest absolute Gasteiger partial charge is 0.237 e. The zero-order chi connectivity index (χ0) is 23.2. The number of benzene rings is 3. The van der Waals surface area contributed by atoms with Gasteiger partial charge in [-0.2, -0.15) is 0 Å². The molecule has 0 aliphatic carbocycles. The van der Waals surface area contributed by atoms with Crippen LogP contribution in [0.2, 0.25) is 0 Å². The fraction of sp³-hybridized carbons (Fsp3) is 0.160. The van der Waals surface area contributed by atoms with Crippen molar-refractivity contribution in [1.29, 1.82) is 0 Å². The minimum Gasteiger partial charge on any atom is -0.497 e. The van der Waals surface area contributed by atoms with Crippen molar-refractivity contribution >= 4 is 23.4 Å². The van der Waals surface area contributed by atoms with Gasteiger partial charge in [-0.05, 0) is 67.6 Å². The summed E-state index contributed by atoms with van der Waals surface area (Å²) in [6.07, 6.45) is 0. The van der Waals surface area contributed by atoms with Gasteiger partial charge in [-0.15, -0.1) is 10.2 Å². The Bertz CT molecular complexity index is 1210. The lowest BCUT2D eigenvalue weighted by Gasteiger charge is -2.12. The number of thioether (sulfide) groups is 1. The van der Waals surface area contributed by atoms with E-state index < -0.39 is 0 Å². The van der Waals surface area contributed by atoms with Crippen molar-refractivity contribution in [2.45, 2.75) is 17.3 Å². The summed E-state index contributed by atoms with van der Waals surface area (Å²) in [6.45, 7) is 1.84. The first-order valence-electron chi connectivity index (χ1n) is 10.4. The number of nitrogens with zero attached hydrogens (tertiary/aromatic N) is 3. The zero-order valence-electron chi connectivity index (χ0n) is 18.6. The Morgan fingerprint density at radius 2 is 1.55 bits per heavy atom. The number of methoxy groups -OCH3 is 1. The highest BCUT2D eigenvalue weighted by Gasteiger charge is 2.19. The second-order valence-electron chi connectivity index (χ2n) is 7.28. The summed E-state index contributed by atoms with van der Waals surface area (Å²) < 4.78 is 12.9. The van der Waals surface area contributed by atoms with Crippen molar-refractivity contribution in [1.82, 2.24) is 14.8 Å². The van der Waals surface area contributed by atoms with Crippen LogP contribution in [0.1, 0.15) is 6.92 Å². The van der Waals surface area contributed by atoms with E-state index in [4.69, 9.17) is 9.47 Å². The summed E-state index contributed by atoms with van der Waals surface area (Å²) in [6, 6.07) is 24.4. The van der Waals surface area contributed by atoms with Crippen LogP contribution in [-0.4, -0.2) is 33.0 Å². The lowest BCUT2D eigenvalue weighted by atomic mass is 10.2. The molecule has 8 heteroatoms. The number of anilines is 1. The van der Waals surface area contributed by atoms with Gasteiger partial charge in [0.2, 0.25) is 5.91 Å². The molecule has 0 saturated carbocycles. The molecule has 1 N–H and O–H groups in total. The molecule has 0 spiro atoms. The topological polar surface area (TPSA) is 78.3 Å². The van der Waals surface area contributed by atoms with Crippen LogP contribution in [0.3, 0.4) is 0 Å². The fourth-order valence-electron chi connectivity index (χ4n) is 3.10. The maximum Gasteiger partial charge on any atom is 0.237 e. The number of hydrogen-bond donors (Lipinski definition) is 1. The van der Waals surface area contributed by atoms with E-state index in [1.54, 1.807) is 7.11 Å². The summed E-state index contributed by atoms with van der Waals surface area (Å²) in [5, 5.41) is 11.8. The molecule has 1 aromatic heterocycles. The van der Waals surface area contributed by atoms with E-state index in [2.05, 4.69) is 15.5 Å². The lowest BCUT2D eigenvalue weighted by Crippen LogP contribution is -2.22. The van der Waals surface area contributed by atoms with Crippen LogP contribution >= 0.6 is 11.8 Å². The quantitative estimate of drug-likeness (QED) is 0.355. The minimum absolute atomic E-state index is 0.120. The van der Waals surface area contributed by atoms with E-state index >= 15 is 0 Å². The third-order valence-corrected chi connectivity index (χ3v) is 6.07. The molecule has 0 aliphatic heterocycles. The van der Waals surface area contributed by atoms with Crippen LogP contribution in [0, 0.1) is 0 Å². The number of ether oxygens (including phenoxy) is 2. The Morgan fingerprint density at radius 3 is 2.21 bits per heavy atom. The number of carbonyl (C=O) groups is 1. The van der Waals surface area contributed by atoms with Crippen molar-refractivity contribution in [2.24, 2.45) is 7.05 Å². The summed E-state index contributed by atoms with van der Waals surface area (Å²) in [4.78, 5) is 12.7. The van der Waals surface area contributed by atoms with Crippen molar-refractivity contribution in [2.75, 3.05) is 12.4 Å². The summed E-state index contributed by atoms with van der Waals surface area (Å²) >= 11 is 1.35. The van der Waals surface area contributed by atoms with Gasteiger partial charge in [-0.3, -0.25) is 4.79 Å². The first-order chi connectivity index (χ1) is 16.0. The van der Waals surface area contributed by atoms with Crippen molar-refractivity contribution in [3.05, 3.63) is 78.9 Å². The molecule has 0 saturated heterocycles. The second kappa shape index (κ2) is 10.2. The van der Waals surface area contributed by atoms with E-state index in [9.17, 15) is 4.79 Å². The van der Waals surface area contributed by atoms with Gasteiger partial charge < -0.3 is 19.4 Å². The predicted molar refractivity (Wildman–Crippen MR) is 130 cm³/mol. The number of nitrogens with one attached hydrogen (secondary N) is 1. The van der Waals surface area contributed by atoms with Gasteiger partial charge in [-0.25, -0.2) is 0 Å². The third-order valence-electron chi connectivity index (χ3n) is 4.94. The third kappa shape index (κ3) is 5.53. The molecule has 0 fully saturated rings. The van der Waals surface area contributed by atoms with Crippen molar-refractivity contribution in [3.8, 4) is 28.6 Å². The molecular weight excluding hydrogens is 436 g/mol. The Labute approximate surface area is 196 Å². The van der Waals surface area contributed by atoms with Crippen LogP contribution < -0.4 is 14.8 Å². The molecule has 0 radical (unpaired) electrons. The normalized spacial score (nSPS) is 11.6. The summed E-state index contributed by atoms with van der Waals surface area (Å²) in [5.41, 5.74) is 1.62. The first-order valence-corrected chi connectivity index (χ1v) is 11.3. The average Bonchev–Trinajstić information content (AvgIpc) is 3.20. The van der Waals surface area contributed by atoms with Gasteiger partial charge >= 0.3 is 0 Å². The number of hydrogen-bond acceptors (Lipinski definition) is 6. The molecule has 168 valence electrons. The lowest BCUT2D eigenvalue weighted by molar-refractivity contribution is -0.115. The summed E-state index contributed by atoms with van der Waals surface area (Å²) in [7, 11) is 3.52. The van der Waals surface area contributed by atoms with E-state index in [1.165, 1.54) is 11.8 Å². The number of amides is 1. The van der Waals surface area contributed by atoms with E-state index in [1.807, 2.05) is 97.4 Å². The molecule has 4 aromatic rings. The van der Waals surface area contributed by atoms with Gasteiger partial charge in [0.25, 0.3) is 0 Å². The maximum absolute atomic E-state index is 12.7. The predicted octanol–water partition coefficient (Wildman–Crippen LogP) is 5.40. The highest BCUT2D eigenvalue weighted by molar-refractivity contribution is 8.00. The number of rotatable bonds is 8. The molecule has 33 heavy (non-hydrogen) atoms. The Balaban J connectivity index is 1.36. The Kier molecular flexibility index (Phi) is 6.95.